The molecule has 1 rings (SSSR count). The van der Waals surface area contributed by atoms with Gasteiger partial charge in [0.05, 0.1) is 18.6 Å². The number of nitrogens with one attached hydrogen (secondary N) is 1. The first-order chi connectivity index (χ1) is 8.27. The fraction of sp³-hybridized carbons (Fsp3) is 0.929. The van der Waals surface area contributed by atoms with Crippen molar-refractivity contribution in [1.82, 2.24) is 5.32 Å². The number of amides is 1. The standard InChI is InChI=1S/C14H27NO2/c1-3-8-12(14(16)15-4-2)11-17-13-9-6-5-7-10-13/h12-13H,3-11H2,1-2H3,(H,15,16). The van der Waals surface area contributed by atoms with E-state index in [4.69, 9.17) is 4.74 Å². The lowest BCUT2D eigenvalue weighted by Gasteiger charge is -2.24. The Hall–Kier alpha value is -0.570. The molecular weight excluding hydrogens is 214 g/mol. The summed E-state index contributed by atoms with van der Waals surface area (Å²) in [7, 11) is 0. The molecule has 0 bridgehead atoms. The highest BCUT2D eigenvalue weighted by molar-refractivity contribution is 5.78. The summed E-state index contributed by atoms with van der Waals surface area (Å²) < 4.78 is 5.90. The van der Waals surface area contributed by atoms with E-state index in [1.54, 1.807) is 0 Å². The summed E-state index contributed by atoms with van der Waals surface area (Å²) in [5.74, 6) is 0.201. The summed E-state index contributed by atoms with van der Waals surface area (Å²) in [4.78, 5) is 11.8. The molecule has 1 atom stereocenters. The van der Waals surface area contributed by atoms with Crippen molar-refractivity contribution in [2.24, 2.45) is 5.92 Å². The van der Waals surface area contributed by atoms with Crippen LogP contribution in [-0.2, 0) is 9.53 Å². The van der Waals surface area contributed by atoms with Crippen molar-refractivity contribution >= 4 is 5.91 Å². The number of hydrogen-bond donors (Lipinski definition) is 1. The third kappa shape index (κ3) is 5.53. The largest absolute Gasteiger partial charge is 0.377 e. The molecule has 1 aliphatic rings. The Kier molecular flexibility index (Phi) is 7.25. The minimum Gasteiger partial charge on any atom is -0.377 e. The smallest absolute Gasteiger partial charge is 0.225 e. The van der Waals surface area contributed by atoms with E-state index < -0.39 is 0 Å². The van der Waals surface area contributed by atoms with E-state index in [-0.39, 0.29) is 11.8 Å². The van der Waals surface area contributed by atoms with Gasteiger partial charge in [-0.2, -0.15) is 0 Å². The van der Waals surface area contributed by atoms with E-state index >= 15 is 0 Å². The predicted molar refractivity (Wildman–Crippen MR) is 69.9 cm³/mol. The molecule has 17 heavy (non-hydrogen) atoms. The number of carbonyl (C=O) groups excluding carboxylic acids is 1. The highest BCUT2D eigenvalue weighted by atomic mass is 16.5. The molecule has 3 heteroatoms. The first kappa shape index (κ1) is 14.5. The van der Waals surface area contributed by atoms with Crippen LogP contribution in [0.2, 0.25) is 0 Å². The molecule has 1 fully saturated rings. The van der Waals surface area contributed by atoms with Crippen LogP contribution in [0.15, 0.2) is 0 Å². The molecule has 1 unspecified atom stereocenters. The van der Waals surface area contributed by atoms with Gasteiger partial charge < -0.3 is 10.1 Å². The Labute approximate surface area is 105 Å². The Morgan fingerprint density at radius 2 is 2.00 bits per heavy atom. The van der Waals surface area contributed by atoms with Gasteiger partial charge in [0.15, 0.2) is 0 Å². The average molecular weight is 241 g/mol. The molecule has 0 radical (unpaired) electrons. The van der Waals surface area contributed by atoms with Crippen molar-refractivity contribution in [3.05, 3.63) is 0 Å². The van der Waals surface area contributed by atoms with Crippen molar-refractivity contribution in [2.45, 2.75) is 64.9 Å². The predicted octanol–water partition coefficient (Wildman–Crippen LogP) is 2.89. The third-order valence-corrected chi connectivity index (χ3v) is 3.44. The van der Waals surface area contributed by atoms with Crippen LogP contribution in [-0.4, -0.2) is 25.2 Å². The van der Waals surface area contributed by atoms with Crippen molar-refractivity contribution in [2.75, 3.05) is 13.2 Å². The van der Waals surface area contributed by atoms with Crippen molar-refractivity contribution in [1.29, 1.82) is 0 Å². The average Bonchev–Trinajstić information content (AvgIpc) is 2.36. The van der Waals surface area contributed by atoms with E-state index in [0.717, 1.165) is 12.8 Å². The zero-order chi connectivity index (χ0) is 12.5. The fourth-order valence-corrected chi connectivity index (χ4v) is 2.44. The van der Waals surface area contributed by atoms with Gasteiger partial charge in [-0.25, -0.2) is 0 Å². The minimum atomic E-state index is 0.0434. The van der Waals surface area contributed by atoms with E-state index in [1.807, 2.05) is 6.92 Å². The maximum Gasteiger partial charge on any atom is 0.225 e. The maximum absolute atomic E-state index is 11.8. The molecule has 0 aromatic carbocycles. The quantitative estimate of drug-likeness (QED) is 0.744. The van der Waals surface area contributed by atoms with E-state index in [9.17, 15) is 4.79 Å². The van der Waals surface area contributed by atoms with Gasteiger partial charge in [0, 0.05) is 6.54 Å². The van der Waals surface area contributed by atoms with Gasteiger partial charge >= 0.3 is 0 Å². The number of carbonyl (C=O) groups is 1. The van der Waals surface area contributed by atoms with Crippen LogP contribution in [0.4, 0.5) is 0 Å². The molecule has 1 N–H and O–H groups in total. The van der Waals surface area contributed by atoms with Crippen LogP contribution in [0.3, 0.4) is 0 Å². The molecule has 1 amide bonds. The van der Waals surface area contributed by atoms with Crippen LogP contribution in [0.1, 0.15) is 58.8 Å². The van der Waals surface area contributed by atoms with Crippen LogP contribution in [0.25, 0.3) is 0 Å². The molecule has 0 aromatic rings. The highest BCUT2D eigenvalue weighted by Gasteiger charge is 2.20. The van der Waals surface area contributed by atoms with E-state index in [2.05, 4.69) is 12.2 Å². The summed E-state index contributed by atoms with van der Waals surface area (Å²) >= 11 is 0. The zero-order valence-corrected chi connectivity index (χ0v) is 11.3. The molecular formula is C14H27NO2. The molecule has 0 heterocycles. The highest BCUT2D eigenvalue weighted by Crippen LogP contribution is 2.21. The lowest BCUT2D eigenvalue weighted by molar-refractivity contribution is -0.128. The lowest BCUT2D eigenvalue weighted by atomic mass is 9.97. The third-order valence-electron chi connectivity index (χ3n) is 3.44. The fourth-order valence-electron chi connectivity index (χ4n) is 2.44. The number of rotatable bonds is 7. The van der Waals surface area contributed by atoms with Gasteiger partial charge in [-0.1, -0.05) is 32.6 Å². The first-order valence-corrected chi connectivity index (χ1v) is 7.17. The van der Waals surface area contributed by atoms with Crippen molar-refractivity contribution < 1.29 is 9.53 Å². The van der Waals surface area contributed by atoms with Crippen molar-refractivity contribution in [3.63, 3.8) is 0 Å². The van der Waals surface area contributed by atoms with Crippen LogP contribution in [0, 0.1) is 5.92 Å². The summed E-state index contributed by atoms with van der Waals surface area (Å²) in [6.07, 6.45) is 8.62. The number of hydrogen-bond acceptors (Lipinski definition) is 2. The molecule has 1 saturated carbocycles. The normalized spacial score (nSPS) is 18.9. The second-order valence-corrected chi connectivity index (χ2v) is 4.97. The Bertz CT molecular complexity index is 212. The number of ether oxygens (including phenoxy) is 1. The second kappa shape index (κ2) is 8.51. The second-order valence-electron chi connectivity index (χ2n) is 4.97. The Morgan fingerprint density at radius 1 is 1.29 bits per heavy atom. The van der Waals surface area contributed by atoms with Gasteiger partial charge in [0.1, 0.15) is 0 Å². The molecule has 3 nitrogen and oxygen atoms in total. The van der Waals surface area contributed by atoms with Crippen LogP contribution in [0.5, 0.6) is 0 Å². The van der Waals surface area contributed by atoms with Crippen LogP contribution < -0.4 is 5.32 Å². The summed E-state index contributed by atoms with van der Waals surface area (Å²) in [6, 6.07) is 0. The van der Waals surface area contributed by atoms with Gasteiger partial charge in [-0.3, -0.25) is 4.79 Å². The van der Waals surface area contributed by atoms with Gasteiger partial charge in [0.2, 0.25) is 5.91 Å². The molecule has 1 aliphatic carbocycles. The van der Waals surface area contributed by atoms with Gasteiger partial charge in [-0.05, 0) is 26.2 Å². The topological polar surface area (TPSA) is 38.3 Å². The molecule has 0 aliphatic heterocycles. The van der Waals surface area contributed by atoms with Crippen molar-refractivity contribution in [3.8, 4) is 0 Å². The monoisotopic (exact) mass is 241 g/mol. The molecule has 0 saturated heterocycles. The minimum absolute atomic E-state index is 0.0434. The summed E-state index contributed by atoms with van der Waals surface area (Å²) in [6.45, 7) is 5.39. The van der Waals surface area contributed by atoms with Gasteiger partial charge in [0.25, 0.3) is 0 Å². The maximum atomic E-state index is 11.8. The first-order valence-electron chi connectivity index (χ1n) is 7.17. The van der Waals surface area contributed by atoms with E-state index in [1.165, 1.54) is 32.1 Å². The Balaban J connectivity index is 2.29. The SMILES string of the molecule is CCCC(COC1CCCCC1)C(=O)NCC. The van der Waals surface area contributed by atoms with Crippen LogP contribution >= 0.6 is 0 Å². The summed E-state index contributed by atoms with van der Waals surface area (Å²) in [5, 5.41) is 2.90. The molecule has 0 aromatic heterocycles. The van der Waals surface area contributed by atoms with E-state index in [0.29, 0.717) is 19.3 Å². The molecule has 0 spiro atoms. The molecule has 100 valence electrons. The van der Waals surface area contributed by atoms with Gasteiger partial charge in [-0.15, -0.1) is 0 Å². The zero-order valence-electron chi connectivity index (χ0n) is 11.3. The Morgan fingerprint density at radius 3 is 2.59 bits per heavy atom. The summed E-state index contributed by atoms with van der Waals surface area (Å²) in [5.41, 5.74) is 0. The lowest BCUT2D eigenvalue weighted by Crippen LogP contribution is -2.34.